The van der Waals surface area contributed by atoms with Gasteiger partial charge in [-0.25, -0.2) is 4.98 Å². The molecule has 138 valence electrons. The second-order valence-corrected chi connectivity index (χ2v) is 8.08. The van der Waals surface area contributed by atoms with Crippen LogP contribution < -0.4 is 4.74 Å². The molecule has 0 aliphatic carbocycles. The van der Waals surface area contributed by atoms with E-state index >= 15 is 0 Å². The van der Waals surface area contributed by atoms with E-state index in [1.165, 1.54) is 0 Å². The summed E-state index contributed by atoms with van der Waals surface area (Å²) in [7, 11) is 0. The normalized spacial score (nSPS) is 13.0. The van der Waals surface area contributed by atoms with Crippen LogP contribution in [0.1, 0.15) is 52.2 Å². The van der Waals surface area contributed by atoms with Crippen LogP contribution in [0.3, 0.4) is 0 Å². The molecule has 1 aromatic carbocycles. The number of nitrogens with zero attached hydrogens (tertiary/aromatic N) is 1. The first-order chi connectivity index (χ1) is 12.1. The van der Waals surface area contributed by atoms with Gasteiger partial charge in [0.05, 0.1) is 5.02 Å². The molecule has 0 spiro atoms. The molecule has 0 aliphatic heterocycles. The first kappa shape index (κ1) is 20.2. The van der Waals surface area contributed by atoms with E-state index < -0.39 is 0 Å². The third-order valence-corrected chi connectivity index (χ3v) is 4.29. The van der Waals surface area contributed by atoms with E-state index in [-0.39, 0.29) is 17.1 Å². The van der Waals surface area contributed by atoms with Crippen LogP contribution in [0.4, 0.5) is 0 Å². The van der Waals surface area contributed by atoms with Crippen molar-refractivity contribution in [2.75, 3.05) is 0 Å². The number of rotatable bonds is 6. The maximum Gasteiger partial charge on any atom is 0.219 e. The molecule has 0 amide bonds. The molecule has 4 heteroatoms. The fourth-order valence-corrected chi connectivity index (χ4v) is 2.73. The lowest BCUT2D eigenvalue weighted by Crippen LogP contribution is -2.10. The Kier molecular flexibility index (Phi) is 6.60. The van der Waals surface area contributed by atoms with Crippen molar-refractivity contribution in [1.29, 1.82) is 0 Å². The number of pyridine rings is 1. The average molecular weight is 372 g/mol. The number of ether oxygens (including phenoxy) is 1. The fourth-order valence-electron chi connectivity index (χ4n) is 2.51. The van der Waals surface area contributed by atoms with Crippen molar-refractivity contribution in [3.05, 3.63) is 58.8 Å². The molecule has 0 saturated carbocycles. The Bertz CT molecular complexity index is 789. The highest BCUT2D eigenvalue weighted by molar-refractivity contribution is 6.32. The molecular weight excluding hydrogens is 346 g/mol. The second kappa shape index (κ2) is 8.50. The summed E-state index contributed by atoms with van der Waals surface area (Å²) in [4.78, 5) is 15.4. The Morgan fingerprint density at radius 2 is 2.00 bits per heavy atom. The van der Waals surface area contributed by atoms with Crippen molar-refractivity contribution in [3.63, 3.8) is 0 Å². The van der Waals surface area contributed by atoms with Gasteiger partial charge in [0.25, 0.3) is 0 Å². The van der Waals surface area contributed by atoms with Gasteiger partial charge in [-0.1, -0.05) is 57.5 Å². The Morgan fingerprint density at radius 1 is 1.27 bits per heavy atom. The van der Waals surface area contributed by atoms with E-state index in [1.54, 1.807) is 13.1 Å². The van der Waals surface area contributed by atoms with E-state index in [0.29, 0.717) is 23.1 Å². The summed E-state index contributed by atoms with van der Waals surface area (Å²) in [5.74, 6) is 1.48. The number of benzene rings is 1. The topological polar surface area (TPSA) is 39.2 Å². The monoisotopic (exact) mass is 371 g/mol. The Morgan fingerprint density at radius 3 is 2.54 bits per heavy atom. The Hall–Kier alpha value is -2.13. The number of hydrogen-bond acceptors (Lipinski definition) is 3. The molecule has 2 aromatic rings. The van der Waals surface area contributed by atoms with Gasteiger partial charge in [-0.3, -0.25) is 0 Å². The summed E-state index contributed by atoms with van der Waals surface area (Å²) in [6.45, 7) is 10.1. The third-order valence-electron chi connectivity index (χ3n) is 4.00. The van der Waals surface area contributed by atoms with Gasteiger partial charge in [-0.05, 0) is 47.6 Å². The lowest BCUT2D eigenvalue weighted by Gasteiger charge is -2.20. The predicted molar refractivity (Wildman–Crippen MR) is 108 cm³/mol. The van der Waals surface area contributed by atoms with Crippen molar-refractivity contribution < 1.29 is 9.53 Å². The van der Waals surface area contributed by atoms with Crippen molar-refractivity contribution in [2.45, 2.75) is 46.5 Å². The van der Waals surface area contributed by atoms with Crippen LogP contribution in [0.2, 0.25) is 5.02 Å². The summed E-state index contributed by atoms with van der Waals surface area (Å²) in [6, 6.07) is 9.57. The number of aromatic nitrogens is 1. The average Bonchev–Trinajstić information content (AvgIpc) is 2.54. The highest BCUT2D eigenvalue weighted by Gasteiger charge is 2.15. The summed E-state index contributed by atoms with van der Waals surface area (Å²) < 4.78 is 5.80. The third kappa shape index (κ3) is 5.99. The van der Waals surface area contributed by atoms with Gasteiger partial charge in [0.15, 0.2) is 0 Å². The lowest BCUT2D eigenvalue weighted by atomic mass is 9.87. The van der Waals surface area contributed by atoms with Crippen LogP contribution in [-0.4, -0.2) is 10.8 Å². The minimum atomic E-state index is 0.0356. The molecule has 0 saturated heterocycles. The van der Waals surface area contributed by atoms with E-state index in [2.05, 4.69) is 25.8 Å². The van der Waals surface area contributed by atoms with Crippen molar-refractivity contribution >= 4 is 23.5 Å². The van der Waals surface area contributed by atoms with Gasteiger partial charge >= 0.3 is 0 Å². The molecule has 1 atom stereocenters. The van der Waals surface area contributed by atoms with E-state index in [1.807, 2.05) is 49.4 Å². The molecule has 0 aliphatic rings. The zero-order chi connectivity index (χ0) is 19.3. The molecule has 3 nitrogen and oxygen atoms in total. The van der Waals surface area contributed by atoms with Gasteiger partial charge in [0, 0.05) is 18.7 Å². The Labute approximate surface area is 161 Å². The van der Waals surface area contributed by atoms with Crippen molar-refractivity contribution in [3.8, 4) is 11.6 Å². The standard InChI is InChI=1S/C22H26ClNO2/c1-15(12-16(2)25)6-7-17-8-11-21(24-14-17)26-20-10-9-18(13-19(20)23)22(3,4)5/h6-11,13-15H,12H2,1-5H3/b7-6+/t15-/m0/s1. The Balaban J connectivity index is 2.05. The quantitative estimate of drug-likeness (QED) is 0.585. The van der Waals surface area contributed by atoms with Gasteiger partial charge in [0.1, 0.15) is 11.5 Å². The van der Waals surface area contributed by atoms with Gasteiger partial charge in [0.2, 0.25) is 5.88 Å². The molecule has 26 heavy (non-hydrogen) atoms. The first-order valence-corrected chi connectivity index (χ1v) is 9.14. The smallest absolute Gasteiger partial charge is 0.219 e. The largest absolute Gasteiger partial charge is 0.437 e. The predicted octanol–water partition coefficient (Wildman–Crippen LogP) is 6.45. The van der Waals surface area contributed by atoms with Crippen LogP contribution in [-0.2, 0) is 10.2 Å². The first-order valence-electron chi connectivity index (χ1n) is 8.77. The zero-order valence-electron chi connectivity index (χ0n) is 16.0. The minimum absolute atomic E-state index is 0.0356. The number of allylic oxidation sites excluding steroid dienone is 1. The van der Waals surface area contributed by atoms with Crippen molar-refractivity contribution in [2.24, 2.45) is 5.92 Å². The summed E-state index contributed by atoms with van der Waals surface area (Å²) in [6.07, 6.45) is 6.27. The van der Waals surface area contributed by atoms with E-state index in [4.69, 9.17) is 16.3 Å². The molecule has 0 N–H and O–H groups in total. The lowest BCUT2D eigenvalue weighted by molar-refractivity contribution is -0.117. The molecular formula is C22H26ClNO2. The number of halogens is 1. The fraction of sp³-hybridized carbons (Fsp3) is 0.364. The molecule has 0 fully saturated rings. The molecule has 0 unspecified atom stereocenters. The number of carbonyl (C=O) groups excluding carboxylic acids is 1. The SMILES string of the molecule is CC(=O)C[C@@H](C)/C=C/c1ccc(Oc2ccc(C(C)(C)C)cc2Cl)nc1. The highest BCUT2D eigenvalue weighted by Crippen LogP contribution is 2.33. The number of Topliss-reactive ketones (excluding diaryl/α,β-unsaturated/α-hetero) is 1. The summed E-state index contributed by atoms with van der Waals surface area (Å²) >= 11 is 6.35. The van der Waals surface area contributed by atoms with Crippen LogP contribution in [0, 0.1) is 5.92 Å². The second-order valence-electron chi connectivity index (χ2n) is 7.67. The van der Waals surface area contributed by atoms with Gasteiger partial charge < -0.3 is 9.53 Å². The minimum Gasteiger partial charge on any atom is -0.437 e. The molecule has 0 bridgehead atoms. The maximum absolute atomic E-state index is 11.1. The molecule has 2 rings (SSSR count). The van der Waals surface area contributed by atoms with Crippen LogP contribution in [0.5, 0.6) is 11.6 Å². The summed E-state index contributed by atoms with van der Waals surface area (Å²) in [5.41, 5.74) is 2.15. The van der Waals surface area contributed by atoms with Crippen molar-refractivity contribution in [1.82, 2.24) is 4.98 Å². The van der Waals surface area contributed by atoms with Crippen LogP contribution in [0.25, 0.3) is 6.08 Å². The number of carbonyl (C=O) groups is 1. The van der Waals surface area contributed by atoms with Gasteiger partial charge in [-0.15, -0.1) is 0 Å². The number of ketones is 1. The molecule has 1 aromatic heterocycles. The molecule has 0 radical (unpaired) electrons. The van der Waals surface area contributed by atoms with Gasteiger partial charge in [-0.2, -0.15) is 0 Å². The number of hydrogen-bond donors (Lipinski definition) is 0. The van der Waals surface area contributed by atoms with E-state index in [9.17, 15) is 4.79 Å². The maximum atomic E-state index is 11.1. The van der Waals surface area contributed by atoms with Crippen LogP contribution >= 0.6 is 11.6 Å². The molecule has 1 heterocycles. The highest BCUT2D eigenvalue weighted by atomic mass is 35.5. The zero-order valence-corrected chi connectivity index (χ0v) is 16.8. The van der Waals surface area contributed by atoms with E-state index in [0.717, 1.165) is 11.1 Å². The summed E-state index contributed by atoms with van der Waals surface area (Å²) in [5, 5.41) is 0.571. The van der Waals surface area contributed by atoms with Crippen LogP contribution in [0.15, 0.2) is 42.6 Å².